The number of anilines is 1. The zero-order valence-corrected chi connectivity index (χ0v) is 16.8. The number of benzene rings is 2. The molecule has 1 atom stereocenters. The molecular formula is C23H26N2O4. The van der Waals surface area contributed by atoms with Crippen molar-refractivity contribution >= 4 is 23.5 Å². The molecule has 0 unspecified atom stereocenters. The largest absolute Gasteiger partial charge is 0.481 e. The number of hydrogen-bond donors (Lipinski definition) is 1. The molecule has 2 amide bonds. The molecule has 2 aromatic rings. The number of fused-ring (bicyclic) bond motifs is 1. The van der Waals surface area contributed by atoms with E-state index in [2.05, 4.69) is 0 Å². The molecule has 0 aromatic heterocycles. The molecule has 152 valence electrons. The van der Waals surface area contributed by atoms with Gasteiger partial charge in [-0.3, -0.25) is 14.4 Å². The number of carboxylic acids is 1. The van der Waals surface area contributed by atoms with Gasteiger partial charge in [0.1, 0.15) is 0 Å². The van der Waals surface area contributed by atoms with Crippen LogP contribution in [0.5, 0.6) is 0 Å². The van der Waals surface area contributed by atoms with Crippen LogP contribution in [-0.4, -0.2) is 48.4 Å². The Morgan fingerprint density at radius 3 is 2.41 bits per heavy atom. The van der Waals surface area contributed by atoms with Gasteiger partial charge in [0.05, 0.1) is 5.41 Å². The Labute approximate surface area is 170 Å². The Morgan fingerprint density at radius 1 is 1.07 bits per heavy atom. The van der Waals surface area contributed by atoms with Gasteiger partial charge in [0.15, 0.2) is 0 Å². The molecule has 0 fully saturated rings. The Morgan fingerprint density at radius 2 is 1.72 bits per heavy atom. The van der Waals surface area contributed by atoms with E-state index in [-0.39, 0.29) is 24.7 Å². The third kappa shape index (κ3) is 4.16. The van der Waals surface area contributed by atoms with Gasteiger partial charge >= 0.3 is 5.97 Å². The van der Waals surface area contributed by atoms with Crippen molar-refractivity contribution in [2.75, 3.05) is 25.5 Å². The molecule has 29 heavy (non-hydrogen) atoms. The number of carboxylic acid groups (broad SMARTS) is 1. The van der Waals surface area contributed by atoms with E-state index in [0.717, 1.165) is 16.8 Å². The molecule has 1 heterocycles. The second-order valence-electron chi connectivity index (χ2n) is 7.62. The number of nitrogens with zero attached hydrogens (tertiary/aromatic N) is 2. The molecular weight excluding hydrogens is 368 g/mol. The minimum Gasteiger partial charge on any atom is -0.481 e. The summed E-state index contributed by atoms with van der Waals surface area (Å²) in [5.74, 6) is -1.13. The first kappa shape index (κ1) is 20.6. The van der Waals surface area contributed by atoms with E-state index in [1.807, 2.05) is 54.6 Å². The highest BCUT2D eigenvalue weighted by molar-refractivity contribution is 6.09. The van der Waals surface area contributed by atoms with E-state index in [0.29, 0.717) is 19.4 Å². The third-order valence-corrected chi connectivity index (χ3v) is 5.61. The SMILES string of the molecule is CN(CCCC(=O)O)C(=O)C[C@@]1(Cc2ccccc2)C(=O)N(C)c2ccccc21. The highest BCUT2D eigenvalue weighted by Crippen LogP contribution is 2.45. The van der Waals surface area contributed by atoms with Crippen LogP contribution in [0.1, 0.15) is 30.4 Å². The Bertz CT molecular complexity index is 912. The van der Waals surface area contributed by atoms with Crippen molar-refractivity contribution in [2.24, 2.45) is 0 Å². The van der Waals surface area contributed by atoms with Crippen LogP contribution in [0.4, 0.5) is 5.69 Å². The smallest absolute Gasteiger partial charge is 0.303 e. The van der Waals surface area contributed by atoms with Gasteiger partial charge in [-0.25, -0.2) is 0 Å². The Kier molecular flexibility index (Phi) is 6.01. The maximum atomic E-state index is 13.4. The number of aliphatic carboxylic acids is 1. The zero-order chi connectivity index (χ0) is 21.0. The fourth-order valence-electron chi connectivity index (χ4n) is 4.05. The van der Waals surface area contributed by atoms with Crippen LogP contribution in [-0.2, 0) is 26.2 Å². The summed E-state index contributed by atoms with van der Waals surface area (Å²) in [5.41, 5.74) is 1.72. The lowest BCUT2D eigenvalue weighted by molar-refractivity contribution is -0.138. The monoisotopic (exact) mass is 394 g/mol. The number of carbonyl (C=O) groups is 3. The van der Waals surface area contributed by atoms with Gasteiger partial charge in [-0.1, -0.05) is 48.5 Å². The summed E-state index contributed by atoms with van der Waals surface area (Å²) in [6.45, 7) is 0.345. The highest BCUT2D eigenvalue weighted by Gasteiger charge is 2.51. The predicted octanol–water partition coefficient (Wildman–Crippen LogP) is 2.86. The predicted molar refractivity (Wildman–Crippen MR) is 111 cm³/mol. The maximum absolute atomic E-state index is 13.4. The summed E-state index contributed by atoms with van der Waals surface area (Å²) in [6, 6.07) is 17.3. The molecule has 0 saturated carbocycles. The summed E-state index contributed by atoms with van der Waals surface area (Å²) >= 11 is 0. The fourth-order valence-corrected chi connectivity index (χ4v) is 4.05. The van der Waals surface area contributed by atoms with Crippen molar-refractivity contribution < 1.29 is 19.5 Å². The van der Waals surface area contributed by atoms with E-state index in [1.165, 1.54) is 4.90 Å². The van der Waals surface area contributed by atoms with Gasteiger partial charge in [0.2, 0.25) is 11.8 Å². The molecule has 1 aliphatic rings. The van der Waals surface area contributed by atoms with E-state index in [9.17, 15) is 14.4 Å². The van der Waals surface area contributed by atoms with Crippen LogP contribution < -0.4 is 4.90 Å². The number of rotatable bonds is 8. The molecule has 1 aliphatic heterocycles. The van der Waals surface area contributed by atoms with Crippen LogP contribution in [0.25, 0.3) is 0 Å². The molecule has 6 nitrogen and oxygen atoms in total. The van der Waals surface area contributed by atoms with Gasteiger partial charge < -0.3 is 14.9 Å². The lowest BCUT2D eigenvalue weighted by Gasteiger charge is -2.30. The normalized spacial score (nSPS) is 17.9. The first-order valence-electron chi connectivity index (χ1n) is 9.72. The average molecular weight is 394 g/mol. The molecule has 1 N–H and O–H groups in total. The van der Waals surface area contributed by atoms with E-state index in [1.54, 1.807) is 19.0 Å². The highest BCUT2D eigenvalue weighted by atomic mass is 16.4. The molecule has 2 aromatic carbocycles. The first-order valence-corrected chi connectivity index (χ1v) is 9.72. The van der Waals surface area contributed by atoms with E-state index in [4.69, 9.17) is 5.11 Å². The summed E-state index contributed by atoms with van der Waals surface area (Å²) in [6.07, 6.45) is 0.874. The van der Waals surface area contributed by atoms with Gasteiger partial charge in [-0.15, -0.1) is 0 Å². The molecule has 6 heteroatoms. The van der Waals surface area contributed by atoms with Crippen LogP contribution in [0.3, 0.4) is 0 Å². The van der Waals surface area contributed by atoms with Crippen molar-refractivity contribution in [1.82, 2.24) is 4.90 Å². The molecule has 0 radical (unpaired) electrons. The van der Waals surface area contributed by atoms with Crippen LogP contribution in [0.15, 0.2) is 54.6 Å². The first-order chi connectivity index (χ1) is 13.8. The standard InChI is InChI=1S/C23H26N2O4/c1-24(14-8-13-21(27)28)20(26)16-23(15-17-9-4-3-5-10-17)18-11-6-7-12-19(18)25(2)22(23)29/h3-7,9-12H,8,13-16H2,1-2H3,(H,27,28)/t23-/m1/s1. The van der Waals surface area contributed by atoms with Gasteiger partial charge in [0.25, 0.3) is 0 Å². The molecule has 0 spiro atoms. The quantitative estimate of drug-likeness (QED) is 0.747. The number of hydrogen-bond acceptors (Lipinski definition) is 3. The average Bonchev–Trinajstić information content (AvgIpc) is 2.91. The molecule has 0 bridgehead atoms. The van der Waals surface area contributed by atoms with Crippen LogP contribution in [0, 0.1) is 0 Å². The fraction of sp³-hybridized carbons (Fsp3) is 0.348. The zero-order valence-electron chi connectivity index (χ0n) is 16.8. The topological polar surface area (TPSA) is 77.9 Å². The summed E-state index contributed by atoms with van der Waals surface area (Å²) < 4.78 is 0. The minimum atomic E-state index is -0.967. The van der Waals surface area contributed by atoms with Gasteiger partial charge in [-0.2, -0.15) is 0 Å². The second-order valence-corrected chi connectivity index (χ2v) is 7.62. The minimum absolute atomic E-state index is 0.0112. The van der Waals surface area contributed by atoms with Crippen molar-refractivity contribution in [3.63, 3.8) is 0 Å². The van der Waals surface area contributed by atoms with E-state index >= 15 is 0 Å². The Hall–Kier alpha value is -3.15. The summed E-state index contributed by atoms with van der Waals surface area (Å²) in [4.78, 5) is 40.4. The summed E-state index contributed by atoms with van der Waals surface area (Å²) in [5, 5.41) is 8.82. The molecule has 0 aliphatic carbocycles. The van der Waals surface area contributed by atoms with Crippen LogP contribution in [0.2, 0.25) is 0 Å². The van der Waals surface area contributed by atoms with Crippen LogP contribution >= 0.6 is 0 Å². The van der Waals surface area contributed by atoms with Crippen molar-refractivity contribution in [2.45, 2.75) is 31.1 Å². The van der Waals surface area contributed by atoms with E-state index < -0.39 is 11.4 Å². The van der Waals surface area contributed by atoms with Crippen molar-refractivity contribution in [1.29, 1.82) is 0 Å². The number of carbonyl (C=O) groups excluding carboxylic acids is 2. The molecule has 3 rings (SSSR count). The lowest BCUT2D eigenvalue weighted by atomic mass is 9.73. The van der Waals surface area contributed by atoms with Gasteiger partial charge in [-0.05, 0) is 30.0 Å². The number of amides is 2. The maximum Gasteiger partial charge on any atom is 0.303 e. The van der Waals surface area contributed by atoms with Gasteiger partial charge in [0, 0.05) is 39.2 Å². The second kappa shape index (κ2) is 8.47. The third-order valence-electron chi connectivity index (χ3n) is 5.61. The number of likely N-dealkylation sites (N-methyl/N-ethyl adjacent to an activating group) is 1. The summed E-state index contributed by atoms with van der Waals surface area (Å²) in [7, 11) is 3.41. The van der Waals surface area contributed by atoms with Crippen molar-refractivity contribution in [3.8, 4) is 0 Å². The lowest BCUT2D eigenvalue weighted by Crippen LogP contribution is -2.45. The van der Waals surface area contributed by atoms with Crippen molar-refractivity contribution in [3.05, 3.63) is 65.7 Å². The number of para-hydroxylation sites is 1. The molecule has 0 saturated heterocycles. The Balaban J connectivity index is 1.92.